The lowest BCUT2D eigenvalue weighted by Gasteiger charge is -2.18. The van der Waals surface area contributed by atoms with Crippen LogP contribution in [-0.2, 0) is 4.79 Å². The van der Waals surface area contributed by atoms with Crippen molar-refractivity contribution >= 4 is 17.4 Å². The van der Waals surface area contributed by atoms with Crippen LogP contribution in [0, 0.1) is 6.92 Å². The number of fused-ring (bicyclic) bond motifs is 1. The van der Waals surface area contributed by atoms with Crippen LogP contribution in [0.5, 0.6) is 11.5 Å². The van der Waals surface area contributed by atoms with Gasteiger partial charge in [0.1, 0.15) is 11.8 Å². The molecule has 1 aromatic carbocycles. The Morgan fingerprint density at radius 1 is 1.25 bits per heavy atom. The first-order chi connectivity index (χ1) is 11.7. The van der Waals surface area contributed by atoms with Crippen molar-refractivity contribution in [3.63, 3.8) is 0 Å². The molecule has 0 aliphatic carbocycles. The number of nitrogens with zero attached hydrogens (tertiary/aromatic N) is 1. The minimum atomic E-state index is -0.397. The van der Waals surface area contributed by atoms with Crippen LogP contribution in [0.2, 0.25) is 0 Å². The largest absolute Gasteiger partial charge is 0.490 e. The van der Waals surface area contributed by atoms with E-state index >= 15 is 0 Å². The molecule has 0 saturated carbocycles. The van der Waals surface area contributed by atoms with E-state index in [-0.39, 0.29) is 5.91 Å². The number of benzene rings is 1. The summed E-state index contributed by atoms with van der Waals surface area (Å²) in [6.45, 7) is 4.99. The van der Waals surface area contributed by atoms with Crippen molar-refractivity contribution < 1.29 is 18.8 Å². The number of aryl methyl sites for hydroxylation is 1. The lowest BCUT2D eigenvalue weighted by molar-refractivity contribution is -0.117. The van der Waals surface area contributed by atoms with Crippen LogP contribution >= 0.6 is 0 Å². The average Bonchev–Trinajstić information content (AvgIpc) is 2.84. The SMILES string of the molecule is CC[C@H](Nc1ccc2c(c1)OCCCO2)C(=O)Nc1cc(C)on1. The molecule has 0 bridgehead atoms. The molecule has 2 heterocycles. The van der Waals surface area contributed by atoms with Crippen molar-refractivity contribution in [1.29, 1.82) is 0 Å². The van der Waals surface area contributed by atoms with E-state index in [1.54, 1.807) is 13.0 Å². The van der Waals surface area contributed by atoms with Gasteiger partial charge in [0.15, 0.2) is 17.3 Å². The summed E-state index contributed by atoms with van der Waals surface area (Å²) in [5, 5.41) is 9.74. The molecule has 128 valence electrons. The van der Waals surface area contributed by atoms with Gasteiger partial charge in [-0.25, -0.2) is 0 Å². The highest BCUT2D eigenvalue weighted by atomic mass is 16.5. The quantitative estimate of drug-likeness (QED) is 0.876. The zero-order valence-corrected chi connectivity index (χ0v) is 13.8. The van der Waals surface area contributed by atoms with Crippen molar-refractivity contribution in [2.45, 2.75) is 32.7 Å². The summed E-state index contributed by atoms with van der Waals surface area (Å²) in [5.41, 5.74) is 0.803. The maximum Gasteiger partial charge on any atom is 0.248 e. The fraction of sp³-hybridized carbons (Fsp3) is 0.412. The number of carbonyl (C=O) groups excluding carboxylic acids is 1. The minimum Gasteiger partial charge on any atom is -0.490 e. The standard InChI is InChI=1S/C17H21N3O4/c1-3-13(17(21)19-16-9-11(2)24-20-16)18-12-5-6-14-15(10-12)23-8-4-7-22-14/h5-6,9-10,13,18H,3-4,7-8H2,1-2H3,(H,19,20,21)/t13-/m0/s1. The number of aromatic nitrogens is 1. The topological polar surface area (TPSA) is 85.6 Å². The first-order valence-corrected chi connectivity index (χ1v) is 8.06. The van der Waals surface area contributed by atoms with Gasteiger partial charge in [0.2, 0.25) is 5.91 Å². The van der Waals surface area contributed by atoms with Crippen LogP contribution < -0.4 is 20.1 Å². The first-order valence-electron chi connectivity index (χ1n) is 8.06. The van der Waals surface area contributed by atoms with E-state index in [9.17, 15) is 4.79 Å². The number of ether oxygens (including phenoxy) is 2. The number of amides is 1. The number of anilines is 2. The van der Waals surface area contributed by atoms with Crippen LogP contribution in [0.15, 0.2) is 28.8 Å². The Hall–Kier alpha value is -2.70. The second-order valence-corrected chi connectivity index (χ2v) is 5.63. The Kier molecular flexibility index (Phi) is 4.88. The molecular weight excluding hydrogens is 310 g/mol. The van der Waals surface area contributed by atoms with Crippen LogP contribution in [0.25, 0.3) is 0 Å². The zero-order valence-electron chi connectivity index (χ0n) is 13.8. The van der Waals surface area contributed by atoms with E-state index in [1.165, 1.54) is 0 Å². The van der Waals surface area contributed by atoms with E-state index in [4.69, 9.17) is 14.0 Å². The molecule has 0 spiro atoms. The summed E-state index contributed by atoms with van der Waals surface area (Å²) in [6.07, 6.45) is 1.48. The van der Waals surface area contributed by atoms with Gasteiger partial charge in [0.25, 0.3) is 0 Å². The van der Waals surface area contributed by atoms with Gasteiger partial charge in [-0.3, -0.25) is 4.79 Å². The van der Waals surface area contributed by atoms with Crippen molar-refractivity contribution in [2.75, 3.05) is 23.8 Å². The molecule has 3 rings (SSSR count). The molecule has 2 aromatic rings. The maximum absolute atomic E-state index is 12.4. The smallest absolute Gasteiger partial charge is 0.248 e. The van der Waals surface area contributed by atoms with Gasteiger partial charge in [-0.15, -0.1) is 0 Å². The summed E-state index contributed by atoms with van der Waals surface area (Å²) < 4.78 is 16.2. The minimum absolute atomic E-state index is 0.169. The fourth-order valence-electron chi connectivity index (χ4n) is 2.45. The van der Waals surface area contributed by atoms with Gasteiger partial charge in [0.05, 0.1) is 13.2 Å². The summed E-state index contributed by atoms with van der Waals surface area (Å²) in [4.78, 5) is 12.4. The van der Waals surface area contributed by atoms with Crippen molar-refractivity contribution in [3.8, 4) is 11.5 Å². The third-order valence-corrected chi connectivity index (χ3v) is 3.69. The molecule has 1 aliphatic rings. The number of hydrogen-bond acceptors (Lipinski definition) is 6. The normalized spacial score (nSPS) is 14.6. The third-order valence-electron chi connectivity index (χ3n) is 3.69. The number of hydrogen-bond donors (Lipinski definition) is 2. The Bertz CT molecular complexity index is 714. The average molecular weight is 331 g/mol. The van der Waals surface area contributed by atoms with Crippen molar-refractivity contribution in [1.82, 2.24) is 5.16 Å². The molecule has 1 atom stereocenters. The Labute approximate surface area is 140 Å². The monoisotopic (exact) mass is 331 g/mol. The summed E-state index contributed by atoms with van der Waals surface area (Å²) in [6, 6.07) is 6.87. The Morgan fingerprint density at radius 2 is 2.04 bits per heavy atom. The third kappa shape index (κ3) is 3.79. The molecule has 0 radical (unpaired) electrons. The summed E-state index contributed by atoms with van der Waals surface area (Å²) in [5.74, 6) is 2.32. The van der Waals surface area contributed by atoms with E-state index in [0.717, 1.165) is 17.9 Å². The Balaban J connectivity index is 1.68. The number of nitrogens with one attached hydrogen (secondary N) is 2. The van der Waals surface area contributed by atoms with E-state index < -0.39 is 6.04 Å². The van der Waals surface area contributed by atoms with Gasteiger partial charge in [-0.2, -0.15) is 0 Å². The van der Waals surface area contributed by atoms with Crippen LogP contribution in [0.4, 0.5) is 11.5 Å². The second-order valence-electron chi connectivity index (χ2n) is 5.63. The summed E-state index contributed by atoms with van der Waals surface area (Å²) in [7, 11) is 0. The number of carbonyl (C=O) groups is 1. The molecule has 1 aliphatic heterocycles. The van der Waals surface area contributed by atoms with Gasteiger partial charge in [0, 0.05) is 24.2 Å². The lowest BCUT2D eigenvalue weighted by Crippen LogP contribution is -2.34. The maximum atomic E-state index is 12.4. The molecule has 7 heteroatoms. The molecule has 24 heavy (non-hydrogen) atoms. The molecule has 2 N–H and O–H groups in total. The molecular formula is C17H21N3O4. The van der Waals surface area contributed by atoms with Gasteiger partial charge in [-0.1, -0.05) is 12.1 Å². The van der Waals surface area contributed by atoms with Gasteiger partial charge < -0.3 is 24.6 Å². The van der Waals surface area contributed by atoms with Crippen molar-refractivity contribution in [2.24, 2.45) is 0 Å². The van der Waals surface area contributed by atoms with Crippen LogP contribution in [0.3, 0.4) is 0 Å². The molecule has 7 nitrogen and oxygen atoms in total. The zero-order chi connectivity index (χ0) is 16.9. The number of rotatable bonds is 5. The van der Waals surface area contributed by atoms with E-state index in [1.807, 2.05) is 25.1 Å². The highest BCUT2D eigenvalue weighted by Gasteiger charge is 2.19. The van der Waals surface area contributed by atoms with E-state index in [0.29, 0.717) is 37.0 Å². The lowest BCUT2D eigenvalue weighted by atomic mass is 10.2. The molecule has 0 saturated heterocycles. The molecule has 1 aromatic heterocycles. The highest BCUT2D eigenvalue weighted by Crippen LogP contribution is 2.32. The van der Waals surface area contributed by atoms with Gasteiger partial charge in [-0.05, 0) is 25.5 Å². The molecule has 0 fully saturated rings. The first kappa shape index (κ1) is 16.2. The molecule has 0 unspecified atom stereocenters. The summed E-state index contributed by atoms with van der Waals surface area (Å²) >= 11 is 0. The van der Waals surface area contributed by atoms with E-state index in [2.05, 4.69) is 15.8 Å². The van der Waals surface area contributed by atoms with Crippen LogP contribution in [-0.4, -0.2) is 30.3 Å². The predicted octanol–water partition coefficient (Wildman–Crippen LogP) is 2.97. The molecule has 1 amide bonds. The fourth-order valence-corrected chi connectivity index (χ4v) is 2.45. The second kappa shape index (κ2) is 7.25. The Morgan fingerprint density at radius 3 is 2.75 bits per heavy atom. The predicted molar refractivity (Wildman–Crippen MR) is 89.6 cm³/mol. The van der Waals surface area contributed by atoms with Crippen molar-refractivity contribution in [3.05, 3.63) is 30.0 Å². The van der Waals surface area contributed by atoms with Gasteiger partial charge >= 0.3 is 0 Å². The van der Waals surface area contributed by atoms with Crippen LogP contribution in [0.1, 0.15) is 25.5 Å². The highest BCUT2D eigenvalue weighted by molar-refractivity contribution is 5.95.